The Hall–Kier alpha value is -7.81. The van der Waals surface area contributed by atoms with Gasteiger partial charge in [0.15, 0.2) is 18.1 Å². The van der Waals surface area contributed by atoms with Gasteiger partial charge in [-0.2, -0.15) is 0 Å². The van der Waals surface area contributed by atoms with Crippen molar-refractivity contribution in [2.24, 2.45) is 11.3 Å². The van der Waals surface area contributed by atoms with Crippen LogP contribution in [-0.4, -0.2) is 171 Å². The highest BCUT2D eigenvalue weighted by molar-refractivity contribution is 6.38. The van der Waals surface area contributed by atoms with Crippen molar-refractivity contribution in [3.63, 3.8) is 0 Å². The number of carbonyl (C=O) groups excluding carboxylic acids is 9. The lowest BCUT2D eigenvalue weighted by atomic mass is 9.84. The number of piperidine rings is 1. The molecule has 0 aromatic heterocycles. The molecule has 0 spiro atoms. The number of benzene rings is 3. The Bertz CT molecular complexity index is 2880. The number of amides is 6. The van der Waals surface area contributed by atoms with Crippen LogP contribution in [-0.2, 0) is 63.8 Å². The lowest BCUT2D eigenvalue weighted by Gasteiger charge is -2.36. The Morgan fingerprint density at radius 2 is 1.42 bits per heavy atom. The SMILES string of the molecule is COc1ccc(CC[C@H]2OC(=O)[C@@H]3CCCCN3C(=O)C(=O)C(C)(C)COC(=O)/C=C\CCN(C)C(=O)[C@H](CC3CCCCC3)NC(=O)[C@H](COC(C)(C)C)N(C)C(=O)C(c3ccccc3)NC(=O)CN(C)C(=O)COc3cccc2c3)cc1OC. The molecule has 21 heteroatoms. The molecule has 86 heavy (non-hydrogen) atoms. The fourth-order valence-electron chi connectivity index (χ4n) is 10.7. The van der Waals surface area contributed by atoms with Gasteiger partial charge in [0.2, 0.25) is 29.4 Å². The zero-order valence-corrected chi connectivity index (χ0v) is 51.7. The van der Waals surface area contributed by atoms with Crippen molar-refractivity contribution in [3.8, 4) is 17.2 Å². The molecule has 6 rings (SSSR count). The molecule has 3 aromatic rings. The fraction of sp³-hybridized carbons (Fsp3) is 0.554. The normalized spacial score (nSPS) is 23.4. The van der Waals surface area contributed by atoms with E-state index in [9.17, 15) is 43.2 Å². The first-order valence-electron chi connectivity index (χ1n) is 29.8. The van der Waals surface area contributed by atoms with E-state index >= 15 is 0 Å². The molecule has 0 radical (unpaired) electrons. The summed E-state index contributed by atoms with van der Waals surface area (Å²) in [6, 6.07) is 15.9. The third-order valence-corrected chi connectivity index (χ3v) is 15.9. The van der Waals surface area contributed by atoms with Crippen LogP contribution in [0, 0.1) is 11.3 Å². The van der Waals surface area contributed by atoms with E-state index in [1.807, 2.05) is 32.9 Å². The van der Waals surface area contributed by atoms with E-state index in [1.54, 1.807) is 67.7 Å². The monoisotopic (exact) mass is 1190 g/mol. The van der Waals surface area contributed by atoms with Crippen LogP contribution in [0.5, 0.6) is 17.2 Å². The first kappa shape index (κ1) is 67.3. The number of nitrogens with zero attached hydrogens (tertiary/aromatic N) is 4. The summed E-state index contributed by atoms with van der Waals surface area (Å²) >= 11 is 0. The third kappa shape index (κ3) is 19.4. The van der Waals surface area contributed by atoms with Gasteiger partial charge in [-0.15, -0.1) is 0 Å². The second kappa shape index (κ2) is 31.5. The Kier molecular flexibility index (Phi) is 24.7. The van der Waals surface area contributed by atoms with Crippen molar-refractivity contribution in [2.45, 2.75) is 148 Å². The fourth-order valence-corrected chi connectivity index (χ4v) is 10.7. The van der Waals surface area contributed by atoms with Gasteiger partial charge in [0.05, 0.1) is 38.4 Å². The predicted molar refractivity (Wildman–Crippen MR) is 319 cm³/mol. The second-order valence-electron chi connectivity index (χ2n) is 24.1. The van der Waals surface area contributed by atoms with Crippen molar-refractivity contribution < 1.29 is 71.6 Å². The highest BCUT2D eigenvalue weighted by Gasteiger charge is 2.43. The molecule has 2 aliphatic heterocycles. The maximum Gasteiger partial charge on any atom is 0.330 e. The Labute approximate surface area is 505 Å². The molecule has 6 amide bonds. The number of rotatable bonds is 10. The van der Waals surface area contributed by atoms with Gasteiger partial charge in [-0.05, 0) is 126 Å². The first-order valence-corrected chi connectivity index (χ1v) is 29.8. The number of ketones is 1. The molecule has 1 unspecified atom stereocenters. The zero-order chi connectivity index (χ0) is 62.7. The summed E-state index contributed by atoms with van der Waals surface area (Å²) in [6.45, 7) is 6.92. The van der Waals surface area contributed by atoms with Crippen LogP contribution in [0.1, 0.15) is 134 Å². The lowest BCUT2D eigenvalue weighted by Crippen LogP contribution is -2.58. The molecule has 3 aliphatic rings. The molecule has 1 aliphatic carbocycles. The molecule has 21 nitrogen and oxygen atoms in total. The number of likely N-dealkylation sites (N-methyl/N-ethyl adjacent to an activating group) is 3. The number of Topliss-reactive ketones (excluding diaryl/α,β-unsaturated/α-hetero) is 1. The van der Waals surface area contributed by atoms with Crippen molar-refractivity contribution in [1.82, 2.24) is 30.2 Å². The average molecular weight is 1190 g/mol. The van der Waals surface area contributed by atoms with Gasteiger partial charge in [0, 0.05) is 40.3 Å². The van der Waals surface area contributed by atoms with E-state index in [2.05, 4.69) is 10.6 Å². The molecule has 2 fully saturated rings. The topological polar surface area (TPSA) is 246 Å². The second-order valence-corrected chi connectivity index (χ2v) is 24.1. The van der Waals surface area contributed by atoms with Crippen LogP contribution < -0.4 is 24.8 Å². The summed E-state index contributed by atoms with van der Waals surface area (Å²) in [6.07, 6.45) is 9.07. The minimum atomic E-state index is -1.50. The quantitative estimate of drug-likeness (QED) is 0.159. The van der Waals surface area contributed by atoms with E-state index in [0.29, 0.717) is 48.3 Å². The van der Waals surface area contributed by atoms with Gasteiger partial charge >= 0.3 is 11.9 Å². The smallest absolute Gasteiger partial charge is 0.330 e. The van der Waals surface area contributed by atoms with Gasteiger partial charge in [-0.3, -0.25) is 33.6 Å². The van der Waals surface area contributed by atoms with Crippen LogP contribution >= 0.6 is 0 Å². The highest BCUT2D eigenvalue weighted by Crippen LogP contribution is 2.34. The first-order chi connectivity index (χ1) is 40.9. The maximum atomic E-state index is 14.9. The number of ether oxygens (including phenoxy) is 6. The summed E-state index contributed by atoms with van der Waals surface area (Å²) in [5.74, 6) is -4.87. The molecule has 468 valence electrons. The van der Waals surface area contributed by atoms with Gasteiger partial charge in [0.25, 0.3) is 11.8 Å². The van der Waals surface area contributed by atoms with E-state index in [4.69, 9.17) is 28.4 Å². The van der Waals surface area contributed by atoms with Crippen LogP contribution in [0.3, 0.4) is 0 Å². The molecular formula is C65H88N6O15. The van der Waals surface area contributed by atoms with Crippen molar-refractivity contribution in [1.29, 1.82) is 0 Å². The summed E-state index contributed by atoms with van der Waals surface area (Å²) in [7, 11) is 7.50. The minimum Gasteiger partial charge on any atom is -0.493 e. The largest absolute Gasteiger partial charge is 0.493 e. The Balaban J connectivity index is 1.32. The number of aryl methyl sites for hydroxylation is 1. The Morgan fingerprint density at radius 1 is 0.721 bits per heavy atom. The van der Waals surface area contributed by atoms with Crippen molar-refractivity contribution >= 4 is 53.2 Å². The van der Waals surface area contributed by atoms with Gasteiger partial charge < -0.3 is 58.7 Å². The molecule has 2 N–H and O–H groups in total. The van der Waals surface area contributed by atoms with Crippen LogP contribution in [0.15, 0.2) is 84.9 Å². The van der Waals surface area contributed by atoms with E-state index in [-0.39, 0.29) is 56.5 Å². The summed E-state index contributed by atoms with van der Waals surface area (Å²) in [4.78, 5) is 133. The van der Waals surface area contributed by atoms with E-state index in [1.165, 1.54) is 69.0 Å². The van der Waals surface area contributed by atoms with E-state index < -0.39 is 108 Å². The van der Waals surface area contributed by atoms with Gasteiger partial charge in [-0.1, -0.05) is 86.7 Å². The summed E-state index contributed by atoms with van der Waals surface area (Å²) in [5, 5.41) is 5.78. The van der Waals surface area contributed by atoms with Gasteiger partial charge in [-0.25, -0.2) is 9.59 Å². The standard InChI is InChI=1S/C65H88N6O15/c1-64(2,3)85-40-50-59(76)66-48(36-43-22-13-11-14-23-43)60(77)68(6)34-19-18-29-56(74)84-42-65(4,5)58(75)62(79)71-35-20-17-28-49(71)63(80)86-51(32-30-44-31-33-52(81-9)53(37-44)82-10)46-26-21-27-47(38-46)83-41-55(73)69(7)39-54(72)67-57(61(78)70(50)8)45-24-15-12-16-25-45/h12,15-16,18,21,24-27,29,31,33,37-38,43,48-51,57H,11,13-14,17,19-20,22-23,28,30,32,34-36,39-42H2,1-10H3,(H,66,76)(H,67,72)/b29-18-/t48-,49-,50-,51+,57?/m0/s1. The lowest BCUT2D eigenvalue weighted by molar-refractivity contribution is -0.165. The van der Waals surface area contributed by atoms with Crippen molar-refractivity contribution in [2.75, 3.05) is 74.8 Å². The number of hydrogen-bond donors (Lipinski definition) is 2. The molecule has 3 aromatic carbocycles. The number of esters is 2. The number of nitrogens with one attached hydrogen (secondary N) is 2. The minimum absolute atomic E-state index is 0.105. The molecule has 1 saturated heterocycles. The van der Waals surface area contributed by atoms with Crippen LogP contribution in [0.25, 0.3) is 0 Å². The summed E-state index contributed by atoms with van der Waals surface area (Å²) < 4.78 is 35.0. The zero-order valence-electron chi connectivity index (χ0n) is 51.7. The van der Waals surface area contributed by atoms with Crippen LogP contribution in [0.2, 0.25) is 0 Å². The van der Waals surface area contributed by atoms with E-state index in [0.717, 1.165) is 42.6 Å². The third-order valence-electron chi connectivity index (χ3n) is 15.9. The number of cyclic esters (lactones) is 2. The number of carbonyl (C=O) groups is 9. The highest BCUT2D eigenvalue weighted by atomic mass is 16.5. The maximum absolute atomic E-state index is 14.9. The van der Waals surface area contributed by atoms with Gasteiger partial charge in [0.1, 0.15) is 42.6 Å². The Morgan fingerprint density at radius 3 is 2.12 bits per heavy atom. The van der Waals surface area contributed by atoms with Crippen molar-refractivity contribution in [3.05, 3.63) is 102 Å². The molecular weight excluding hydrogens is 1100 g/mol. The average Bonchev–Trinajstić information content (AvgIpc) is 3.63. The number of hydrogen-bond acceptors (Lipinski definition) is 15. The van der Waals surface area contributed by atoms with Crippen LogP contribution in [0.4, 0.5) is 0 Å². The number of methoxy groups -OCH3 is 2. The molecule has 2 heterocycles. The number of fused-ring (bicyclic) bond motifs is 3. The molecule has 5 atom stereocenters. The predicted octanol–water partition coefficient (Wildman–Crippen LogP) is 6.65. The molecule has 2 bridgehead atoms. The molecule has 1 saturated carbocycles. The summed E-state index contributed by atoms with van der Waals surface area (Å²) in [5.41, 5.74) is -0.509.